The van der Waals surface area contributed by atoms with Gasteiger partial charge in [0.1, 0.15) is 0 Å². The molecular weight excluding hydrogens is 256 g/mol. The molecule has 2 heterocycles. The van der Waals surface area contributed by atoms with Crippen LogP contribution in [0.1, 0.15) is 61.3 Å². The summed E-state index contributed by atoms with van der Waals surface area (Å²) in [6.07, 6.45) is 1.16. The Bertz CT molecular complexity index is 411. The molecule has 20 heavy (non-hydrogen) atoms. The number of ether oxygens (including phenoxy) is 1. The SMILES string of the molecule is CC1(C)CC(N2C(=O)OC(C)(C)C2(C)O)CC(C)(C)N1. The molecule has 1 atom stereocenters. The lowest BCUT2D eigenvalue weighted by atomic mass is 9.78. The highest BCUT2D eigenvalue weighted by Gasteiger charge is 2.60. The minimum absolute atomic E-state index is 0.0366. The number of carbonyl (C=O) groups is 1. The minimum Gasteiger partial charge on any atom is -0.438 e. The Morgan fingerprint density at radius 1 is 1.10 bits per heavy atom. The van der Waals surface area contributed by atoms with Crippen LogP contribution in [0.2, 0.25) is 0 Å². The maximum absolute atomic E-state index is 12.3. The van der Waals surface area contributed by atoms with Crippen molar-refractivity contribution in [2.24, 2.45) is 0 Å². The van der Waals surface area contributed by atoms with E-state index in [1.54, 1.807) is 20.8 Å². The van der Waals surface area contributed by atoms with Crippen LogP contribution in [-0.4, -0.2) is 44.5 Å². The van der Waals surface area contributed by atoms with Crippen molar-refractivity contribution in [3.8, 4) is 0 Å². The van der Waals surface area contributed by atoms with Crippen LogP contribution in [0.4, 0.5) is 4.79 Å². The molecule has 0 saturated carbocycles. The summed E-state index contributed by atoms with van der Waals surface area (Å²) in [5.41, 5.74) is -2.37. The van der Waals surface area contributed by atoms with Crippen LogP contribution >= 0.6 is 0 Å². The maximum atomic E-state index is 12.3. The predicted molar refractivity (Wildman–Crippen MR) is 77.3 cm³/mol. The highest BCUT2D eigenvalue weighted by Crippen LogP contribution is 2.43. The first-order valence-corrected chi connectivity index (χ1v) is 7.31. The fourth-order valence-electron chi connectivity index (χ4n) is 3.79. The number of hydrogen-bond acceptors (Lipinski definition) is 4. The number of nitrogens with one attached hydrogen (secondary N) is 1. The summed E-state index contributed by atoms with van der Waals surface area (Å²) < 4.78 is 5.38. The van der Waals surface area contributed by atoms with Gasteiger partial charge in [-0.15, -0.1) is 0 Å². The molecule has 0 aromatic heterocycles. The molecule has 2 fully saturated rings. The number of nitrogens with zero attached hydrogens (tertiary/aromatic N) is 1. The second-order valence-corrected chi connectivity index (χ2v) is 8.22. The Labute approximate surface area is 121 Å². The van der Waals surface area contributed by atoms with Crippen molar-refractivity contribution >= 4 is 6.09 Å². The number of aliphatic hydroxyl groups is 1. The first kappa shape index (κ1) is 15.6. The summed E-state index contributed by atoms with van der Waals surface area (Å²) in [5, 5.41) is 14.4. The van der Waals surface area contributed by atoms with E-state index >= 15 is 0 Å². The minimum atomic E-state index is -1.29. The third-order valence-electron chi connectivity index (χ3n) is 4.68. The Morgan fingerprint density at radius 2 is 1.55 bits per heavy atom. The molecule has 0 aromatic rings. The average Bonchev–Trinajstić information content (AvgIpc) is 2.24. The highest BCUT2D eigenvalue weighted by molar-refractivity contribution is 5.72. The van der Waals surface area contributed by atoms with Gasteiger partial charge in [0.05, 0.1) is 0 Å². The molecule has 116 valence electrons. The van der Waals surface area contributed by atoms with Crippen molar-refractivity contribution < 1.29 is 14.6 Å². The van der Waals surface area contributed by atoms with E-state index in [0.29, 0.717) is 0 Å². The van der Waals surface area contributed by atoms with Crippen LogP contribution in [-0.2, 0) is 4.74 Å². The Hall–Kier alpha value is -0.810. The zero-order valence-electron chi connectivity index (χ0n) is 13.7. The van der Waals surface area contributed by atoms with E-state index in [4.69, 9.17) is 4.74 Å². The van der Waals surface area contributed by atoms with E-state index in [1.807, 2.05) is 0 Å². The molecule has 0 bridgehead atoms. The molecular formula is C15H28N2O3. The van der Waals surface area contributed by atoms with Crippen LogP contribution in [0.15, 0.2) is 0 Å². The predicted octanol–water partition coefficient (Wildman–Crippen LogP) is 2.23. The first-order chi connectivity index (χ1) is 8.78. The van der Waals surface area contributed by atoms with E-state index in [9.17, 15) is 9.90 Å². The van der Waals surface area contributed by atoms with Gasteiger partial charge in [-0.3, -0.25) is 4.90 Å². The van der Waals surface area contributed by atoms with Crippen molar-refractivity contribution in [2.75, 3.05) is 0 Å². The lowest BCUT2D eigenvalue weighted by Gasteiger charge is -2.50. The first-order valence-electron chi connectivity index (χ1n) is 7.31. The Balaban J connectivity index is 2.33. The van der Waals surface area contributed by atoms with Crippen LogP contribution in [0.5, 0.6) is 0 Å². The van der Waals surface area contributed by atoms with E-state index in [-0.39, 0.29) is 17.1 Å². The fourth-order valence-corrected chi connectivity index (χ4v) is 3.79. The van der Waals surface area contributed by atoms with Gasteiger partial charge in [0.15, 0.2) is 11.3 Å². The van der Waals surface area contributed by atoms with Crippen molar-refractivity contribution in [3.05, 3.63) is 0 Å². The number of rotatable bonds is 1. The molecule has 2 aliphatic rings. The van der Waals surface area contributed by atoms with E-state index in [1.165, 1.54) is 4.90 Å². The van der Waals surface area contributed by atoms with Crippen molar-refractivity contribution in [2.45, 2.75) is 89.8 Å². The molecule has 5 nitrogen and oxygen atoms in total. The Morgan fingerprint density at radius 3 is 1.90 bits per heavy atom. The molecule has 0 aromatic carbocycles. The van der Waals surface area contributed by atoms with Gasteiger partial charge in [-0.1, -0.05) is 0 Å². The van der Waals surface area contributed by atoms with Gasteiger partial charge in [0, 0.05) is 17.1 Å². The normalized spacial score (nSPS) is 36.0. The van der Waals surface area contributed by atoms with E-state index in [0.717, 1.165) is 12.8 Å². The number of amides is 1. The van der Waals surface area contributed by atoms with Crippen LogP contribution in [0, 0.1) is 0 Å². The van der Waals surface area contributed by atoms with Gasteiger partial charge in [-0.05, 0) is 61.3 Å². The number of piperidine rings is 1. The summed E-state index contributed by atoms with van der Waals surface area (Å²) in [6.45, 7) is 13.7. The Kier molecular flexibility index (Phi) is 3.20. The molecule has 0 aliphatic carbocycles. The summed E-state index contributed by atoms with van der Waals surface area (Å²) in [6, 6.07) is -0.0366. The van der Waals surface area contributed by atoms with Crippen LogP contribution in [0.3, 0.4) is 0 Å². The molecule has 1 unspecified atom stereocenters. The number of hydrogen-bond donors (Lipinski definition) is 2. The fraction of sp³-hybridized carbons (Fsp3) is 0.933. The van der Waals surface area contributed by atoms with Crippen molar-refractivity contribution in [3.63, 3.8) is 0 Å². The molecule has 2 rings (SSSR count). The molecule has 1 amide bonds. The zero-order valence-corrected chi connectivity index (χ0v) is 13.7. The highest BCUT2D eigenvalue weighted by atomic mass is 16.6. The van der Waals surface area contributed by atoms with E-state index in [2.05, 4.69) is 33.0 Å². The lowest BCUT2D eigenvalue weighted by Crippen LogP contribution is -2.66. The van der Waals surface area contributed by atoms with Crippen LogP contribution < -0.4 is 5.32 Å². The summed E-state index contributed by atoms with van der Waals surface area (Å²) >= 11 is 0. The summed E-state index contributed by atoms with van der Waals surface area (Å²) in [5.74, 6) is 0. The van der Waals surface area contributed by atoms with Crippen molar-refractivity contribution in [1.29, 1.82) is 0 Å². The van der Waals surface area contributed by atoms with Crippen molar-refractivity contribution in [1.82, 2.24) is 10.2 Å². The topological polar surface area (TPSA) is 61.8 Å². The van der Waals surface area contributed by atoms with Gasteiger partial charge in [-0.2, -0.15) is 0 Å². The molecule has 2 saturated heterocycles. The molecule has 0 spiro atoms. The van der Waals surface area contributed by atoms with Gasteiger partial charge in [0.2, 0.25) is 0 Å². The molecule has 0 radical (unpaired) electrons. The zero-order chi connectivity index (χ0) is 15.6. The largest absolute Gasteiger partial charge is 0.438 e. The number of cyclic esters (lactones) is 1. The van der Waals surface area contributed by atoms with Gasteiger partial charge in [0.25, 0.3) is 0 Å². The second-order valence-electron chi connectivity index (χ2n) is 8.22. The summed E-state index contributed by atoms with van der Waals surface area (Å²) in [4.78, 5) is 13.8. The smallest absolute Gasteiger partial charge is 0.413 e. The average molecular weight is 284 g/mol. The lowest BCUT2D eigenvalue weighted by molar-refractivity contribution is -0.144. The van der Waals surface area contributed by atoms with Gasteiger partial charge in [-0.25, -0.2) is 4.79 Å². The quantitative estimate of drug-likeness (QED) is 0.775. The third-order valence-corrected chi connectivity index (χ3v) is 4.68. The van der Waals surface area contributed by atoms with Gasteiger partial charge < -0.3 is 15.2 Å². The van der Waals surface area contributed by atoms with Gasteiger partial charge >= 0.3 is 6.09 Å². The molecule has 2 aliphatic heterocycles. The monoisotopic (exact) mass is 284 g/mol. The molecule has 5 heteroatoms. The second kappa shape index (κ2) is 4.10. The number of carbonyl (C=O) groups excluding carboxylic acids is 1. The third kappa shape index (κ3) is 2.42. The standard InChI is InChI=1S/C15H28N2O3/c1-12(2)8-10(9-13(3,4)16-12)17-11(18)20-14(5,6)15(17,7)19/h10,16,19H,8-9H2,1-7H3. The maximum Gasteiger partial charge on any atom is 0.413 e. The van der Waals surface area contributed by atoms with Crippen LogP contribution in [0.25, 0.3) is 0 Å². The molecule has 2 N–H and O–H groups in total. The van der Waals surface area contributed by atoms with E-state index < -0.39 is 17.4 Å². The summed E-state index contributed by atoms with van der Waals surface area (Å²) in [7, 11) is 0.